The highest BCUT2D eigenvalue weighted by Crippen LogP contribution is 2.29. The van der Waals surface area contributed by atoms with Gasteiger partial charge in [-0.25, -0.2) is 0 Å². The molecule has 1 heterocycles. The number of rotatable bonds is 4. The van der Waals surface area contributed by atoms with Crippen LogP contribution in [0.2, 0.25) is 0 Å². The fourth-order valence-electron chi connectivity index (χ4n) is 3.00. The summed E-state index contributed by atoms with van der Waals surface area (Å²) >= 11 is 0. The number of nitrogens with zero attached hydrogens (tertiary/aromatic N) is 2. The Balaban J connectivity index is 2.04. The normalized spacial score (nSPS) is 25.1. The third kappa shape index (κ3) is 3.47. The standard InChI is InChI=1S/C16H27N3/c1-4-15(17)16-9-8-14(11-18-16)19(3)13-7-5-6-12(2)10-13/h8-9,11-13,15H,4-7,10,17H2,1-3H3/t12?,13?,15-/m0/s1. The molecule has 2 rings (SSSR count). The molecule has 2 unspecified atom stereocenters. The van der Waals surface area contributed by atoms with E-state index in [-0.39, 0.29) is 6.04 Å². The number of anilines is 1. The van der Waals surface area contributed by atoms with Gasteiger partial charge in [0.2, 0.25) is 0 Å². The largest absolute Gasteiger partial charge is 0.370 e. The highest BCUT2D eigenvalue weighted by Gasteiger charge is 2.22. The Morgan fingerprint density at radius 3 is 2.79 bits per heavy atom. The number of aromatic nitrogens is 1. The summed E-state index contributed by atoms with van der Waals surface area (Å²) < 4.78 is 0. The number of hydrogen-bond donors (Lipinski definition) is 1. The van der Waals surface area contributed by atoms with E-state index in [2.05, 4.69) is 42.9 Å². The monoisotopic (exact) mass is 261 g/mol. The highest BCUT2D eigenvalue weighted by atomic mass is 15.1. The molecular formula is C16H27N3. The molecule has 3 heteroatoms. The topological polar surface area (TPSA) is 42.1 Å². The molecule has 0 spiro atoms. The van der Waals surface area contributed by atoms with Crippen molar-refractivity contribution in [2.45, 2.75) is 58.0 Å². The van der Waals surface area contributed by atoms with Crippen LogP contribution in [0.5, 0.6) is 0 Å². The minimum atomic E-state index is 0.0639. The fraction of sp³-hybridized carbons (Fsp3) is 0.688. The van der Waals surface area contributed by atoms with Crippen molar-refractivity contribution in [3.8, 4) is 0 Å². The predicted molar refractivity (Wildman–Crippen MR) is 81.3 cm³/mol. The lowest BCUT2D eigenvalue weighted by Gasteiger charge is -2.35. The number of hydrogen-bond acceptors (Lipinski definition) is 3. The highest BCUT2D eigenvalue weighted by molar-refractivity contribution is 5.45. The first-order chi connectivity index (χ1) is 9.11. The van der Waals surface area contributed by atoms with Crippen molar-refractivity contribution < 1.29 is 0 Å². The first-order valence-electron chi connectivity index (χ1n) is 7.56. The fourth-order valence-corrected chi connectivity index (χ4v) is 3.00. The summed E-state index contributed by atoms with van der Waals surface area (Å²) in [6.07, 6.45) is 8.24. The van der Waals surface area contributed by atoms with Crippen molar-refractivity contribution in [2.24, 2.45) is 11.7 Å². The first kappa shape index (κ1) is 14.3. The maximum atomic E-state index is 6.01. The minimum Gasteiger partial charge on any atom is -0.370 e. The van der Waals surface area contributed by atoms with Crippen LogP contribution in [0.25, 0.3) is 0 Å². The molecular weight excluding hydrogens is 234 g/mol. The Labute approximate surface area is 117 Å². The van der Waals surface area contributed by atoms with Gasteiger partial charge in [-0.1, -0.05) is 26.7 Å². The maximum Gasteiger partial charge on any atom is 0.0572 e. The van der Waals surface area contributed by atoms with Crippen molar-refractivity contribution in [2.75, 3.05) is 11.9 Å². The second-order valence-electron chi connectivity index (χ2n) is 5.99. The molecule has 3 atom stereocenters. The molecule has 2 N–H and O–H groups in total. The summed E-state index contributed by atoms with van der Waals surface area (Å²) in [5.41, 5.74) is 8.22. The van der Waals surface area contributed by atoms with Gasteiger partial charge in [0.05, 0.1) is 17.6 Å². The first-order valence-corrected chi connectivity index (χ1v) is 7.56. The van der Waals surface area contributed by atoms with E-state index in [1.54, 1.807) is 0 Å². The molecule has 0 radical (unpaired) electrons. The summed E-state index contributed by atoms with van der Waals surface area (Å²) in [6.45, 7) is 4.46. The van der Waals surface area contributed by atoms with E-state index in [1.807, 2.05) is 6.20 Å². The van der Waals surface area contributed by atoms with E-state index < -0.39 is 0 Å². The summed E-state index contributed by atoms with van der Waals surface area (Å²) in [7, 11) is 2.19. The summed E-state index contributed by atoms with van der Waals surface area (Å²) in [4.78, 5) is 6.91. The minimum absolute atomic E-state index is 0.0639. The van der Waals surface area contributed by atoms with Gasteiger partial charge in [-0.05, 0) is 37.3 Å². The van der Waals surface area contributed by atoms with Gasteiger partial charge >= 0.3 is 0 Å². The van der Waals surface area contributed by atoms with Crippen LogP contribution in [0.4, 0.5) is 5.69 Å². The van der Waals surface area contributed by atoms with Crippen LogP contribution in [0.1, 0.15) is 57.7 Å². The zero-order chi connectivity index (χ0) is 13.8. The molecule has 1 aromatic rings. The van der Waals surface area contributed by atoms with Crippen molar-refractivity contribution in [3.05, 3.63) is 24.0 Å². The summed E-state index contributed by atoms with van der Waals surface area (Å²) in [5.74, 6) is 0.849. The van der Waals surface area contributed by atoms with E-state index in [9.17, 15) is 0 Å². The summed E-state index contributed by atoms with van der Waals surface area (Å²) in [6, 6.07) is 4.97. The lowest BCUT2D eigenvalue weighted by molar-refractivity contribution is 0.336. The van der Waals surface area contributed by atoms with E-state index in [4.69, 9.17) is 5.73 Å². The lowest BCUT2D eigenvalue weighted by Crippen LogP contribution is -2.35. The Morgan fingerprint density at radius 2 is 2.21 bits per heavy atom. The van der Waals surface area contributed by atoms with Crippen molar-refractivity contribution in [1.82, 2.24) is 4.98 Å². The van der Waals surface area contributed by atoms with Crippen LogP contribution in [0.3, 0.4) is 0 Å². The SMILES string of the molecule is CC[C@H](N)c1ccc(N(C)C2CCCC(C)C2)cn1. The molecule has 1 fully saturated rings. The van der Waals surface area contributed by atoms with Gasteiger partial charge in [0.25, 0.3) is 0 Å². The number of pyridine rings is 1. The Morgan fingerprint density at radius 1 is 1.42 bits per heavy atom. The molecule has 106 valence electrons. The average Bonchev–Trinajstić information content (AvgIpc) is 2.46. The van der Waals surface area contributed by atoms with Gasteiger partial charge in [0.15, 0.2) is 0 Å². The third-order valence-electron chi connectivity index (χ3n) is 4.45. The molecule has 3 nitrogen and oxygen atoms in total. The Kier molecular flexibility index (Phi) is 4.81. The number of nitrogens with two attached hydrogens (primary N) is 1. The predicted octanol–water partition coefficient (Wildman–Crippen LogP) is 3.51. The molecule has 1 aliphatic carbocycles. The van der Waals surface area contributed by atoms with E-state index in [1.165, 1.54) is 31.4 Å². The zero-order valence-electron chi connectivity index (χ0n) is 12.5. The maximum absolute atomic E-state index is 6.01. The second kappa shape index (κ2) is 6.38. The van der Waals surface area contributed by atoms with Gasteiger partial charge in [-0.3, -0.25) is 4.98 Å². The molecule has 0 aliphatic heterocycles. The molecule has 1 aliphatic rings. The smallest absolute Gasteiger partial charge is 0.0572 e. The molecule has 0 amide bonds. The van der Waals surface area contributed by atoms with E-state index in [0.29, 0.717) is 6.04 Å². The van der Waals surface area contributed by atoms with Gasteiger partial charge < -0.3 is 10.6 Å². The van der Waals surface area contributed by atoms with E-state index >= 15 is 0 Å². The van der Waals surface area contributed by atoms with Gasteiger partial charge in [-0.15, -0.1) is 0 Å². The molecule has 0 bridgehead atoms. The van der Waals surface area contributed by atoms with Gasteiger partial charge in [-0.2, -0.15) is 0 Å². The van der Waals surface area contributed by atoms with Crippen molar-refractivity contribution in [3.63, 3.8) is 0 Å². The van der Waals surface area contributed by atoms with Crippen LogP contribution in [-0.2, 0) is 0 Å². The molecule has 0 saturated heterocycles. The van der Waals surface area contributed by atoms with Crippen LogP contribution in [0, 0.1) is 5.92 Å². The van der Waals surface area contributed by atoms with E-state index in [0.717, 1.165) is 18.0 Å². The van der Waals surface area contributed by atoms with Gasteiger partial charge in [0, 0.05) is 19.1 Å². The van der Waals surface area contributed by atoms with Crippen LogP contribution >= 0.6 is 0 Å². The third-order valence-corrected chi connectivity index (χ3v) is 4.45. The second-order valence-corrected chi connectivity index (χ2v) is 5.99. The van der Waals surface area contributed by atoms with Crippen LogP contribution in [0.15, 0.2) is 18.3 Å². The summed E-state index contributed by atoms with van der Waals surface area (Å²) in [5, 5.41) is 0. The van der Waals surface area contributed by atoms with Crippen LogP contribution in [-0.4, -0.2) is 18.1 Å². The molecule has 0 aromatic carbocycles. The zero-order valence-corrected chi connectivity index (χ0v) is 12.5. The molecule has 1 saturated carbocycles. The lowest BCUT2D eigenvalue weighted by atomic mass is 9.86. The van der Waals surface area contributed by atoms with Gasteiger partial charge in [0.1, 0.15) is 0 Å². The van der Waals surface area contributed by atoms with Crippen molar-refractivity contribution in [1.29, 1.82) is 0 Å². The Hall–Kier alpha value is -1.09. The average molecular weight is 261 g/mol. The quantitative estimate of drug-likeness (QED) is 0.902. The Bertz CT molecular complexity index is 387. The molecule has 1 aromatic heterocycles. The molecule has 19 heavy (non-hydrogen) atoms. The van der Waals surface area contributed by atoms with Crippen LogP contribution < -0.4 is 10.6 Å². The van der Waals surface area contributed by atoms with Crippen molar-refractivity contribution >= 4 is 5.69 Å².